The Balaban J connectivity index is 2.49. The summed E-state index contributed by atoms with van der Waals surface area (Å²) in [5.41, 5.74) is 0. The van der Waals surface area contributed by atoms with Gasteiger partial charge in [-0.25, -0.2) is 13.1 Å². The molecular weight excluding hydrogens is 234 g/mol. The van der Waals surface area contributed by atoms with E-state index in [-0.39, 0.29) is 11.4 Å². The molecule has 0 aromatic heterocycles. The number of rotatable bonds is 5. The Morgan fingerprint density at radius 2 is 2.27 bits per heavy atom. The molecule has 0 aromatic rings. The van der Waals surface area contributed by atoms with Crippen LogP contribution in [0.4, 0.5) is 0 Å². The second kappa shape index (κ2) is 5.03. The minimum Gasteiger partial charge on any atom is -0.395 e. The van der Waals surface area contributed by atoms with Gasteiger partial charge in [0.05, 0.1) is 11.9 Å². The molecule has 0 aromatic carbocycles. The summed E-state index contributed by atoms with van der Waals surface area (Å²) >= 11 is 1.82. The van der Waals surface area contributed by atoms with Crippen molar-refractivity contribution >= 4 is 21.8 Å². The van der Waals surface area contributed by atoms with Crippen LogP contribution < -0.4 is 4.72 Å². The van der Waals surface area contributed by atoms with Crippen LogP contribution in [0.1, 0.15) is 26.7 Å². The van der Waals surface area contributed by atoms with E-state index in [2.05, 4.69) is 11.6 Å². The second-order valence-electron chi connectivity index (χ2n) is 4.26. The molecule has 0 bridgehead atoms. The van der Waals surface area contributed by atoms with E-state index >= 15 is 0 Å². The van der Waals surface area contributed by atoms with Crippen LogP contribution in [0.2, 0.25) is 0 Å². The fraction of sp³-hybridized carbons (Fsp3) is 1.00. The van der Waals surface area contributed by atoms with E-state index < -0.39 is 15.3 Å². The highest BCUT2D eigenvalue weighted by molar-refractivity contribution is 8.01. The molecule has 0 aliphatic carbocycles. The molecule has 0 amide bonds. The van der Waals surface area contributed by atoms with Gasteiger partial charge in [0.15, 0.2) is 0 Å². The maximum Gasteiger partial charge on any atom is 0.216 e. The Morgan fingerprint density at radius 3 is 2.73 bits per heavy atom. The average Bonchev–Trinajstić information content (AvgIpc) is 2.62. The summed E-state index contributed by atoms with van der Waals surface area (Å²) in [6, 6.07) is 0. The van der Waals surface area contributed by atoms with Crippen molar-refractivity contribution in [2.75, 3.05) is 18.9 Å². The van der Waals surface area contributed by atoms with Gasteiger partial charge < -0.3 is 5.11 Å². The van der Waals surface area contributed by atoms with Crippen molar-refractivity contribution in [1.29, 1.82) is 0 Å². The molecule has 1 aliphatic rings. The van der Waals surface area contributed by atoms with Gasteiger partial charge in [-0.2, -0.15) is 11.8 Å². The Bertz CT molecular complexity index is 296. The zero-order chi connectivity index (χ0) is 11.5. The molecule has 4 nitrogen and oxygen atoms in total. The van der Waals surface area contributed by atoms with Crippen molar-refractivity contribution in [3.8, 4) is 0 Å². The highest BCUT2D eigenvalue weighted by atomic mass is 32.2. The lowest BCUT2D eigenvalue weighted by atomic mass is 10.1. The zero-order valence-electron chi connectivity index (χ0n) is 9.19. The van der Waals surface area contributed by atoms with Gasteiger partial charge in [0.25, 0.3) is 0 Å². The van der Waals surface area contributed by atoms with Gasteiger partial charge in [-0.1, -0.05) is 0 Å². The normalized spacial score (nSPS) is 29.3. The third-order valence-corrected chi connectivity index (χ3v) is 6.03. The van der Waals surface area contributed by atoms with Crippen molar-refractivity contribution < 1.29 is 13.5 Å². The lowest BCUT2D eigenvalue weighted by molar-refractivity contribution is 0.294. The van der Waals surface area contributed by atoms with Crippen LogP contribution >= 0.6 is 11.8 Å². The molecule has 6 heteroatoms. The quantitative estimate of drug-likeness (QED) is 0.752. The number of aliphatic hydroxyl groups is 1. The van der Waals surface area contributed by atoms with E-state index in [9.17, 15) is 8.42 Å². The van der Waals surface area contributed by atoms with Gasteiger partial charge in [-0.3, -0.25) is 0 Å². The van der Waals surface area contributed by atoms with Gasteiger partial charge in [0, 0.05) is 11.3 Å². The molecule has 2 unspecified atom stereocenters. The number of hydrogen-bond donors (Lipinski definition) is 2. The van der Waals surface area contributed by atoms with E-state index in [0.29, 0.717) is 6.54 Å². The van der Waals surface area contributed by atoms with Crippen LogP contribution in [0.25, 0.3) is 0 Å². The predicted octanol–water partition coefficient (Wildman–Crippen LogP) is 0.572. The molecule has 0 radical (unpaired) electrons. The van der Waals surface area contributed by atoms with Gasteiger partial charge in [0.1, 0.15) is 0 Å². The molecule has 1 aliphatic heterocycles. The lowest BCUT2D eigenvalue weighted by Crippen LogP contribution is -2.41. The summed E-state index contributed by atoms with van der Waals surface area (Å²) in [5.74, 6) is 1.10. The fourth-order valence-electron chi connectivity index (χ4n) is 1.47. The van der Waals surface area contributed by atoms with Crippen LogP contribution in [0.15, 0.2) is 0 Å². The van der Waals surface area contributed by atoms with E-state index in [1.54, 1.807) is 0 Å². The van der Waals surface area contributed by atoms with Crippen LogP contribution in [-0.4, -0.2) is 42.4 Å². The number of hydrogen-bond acceptors (Lipinski definition) is 4. The van der Waals surface area contributed by atoms with Gasteiger partial charge in [-0.05, 0) is 32.4 Å². The summed E-state index contributed by atoms with van der Waals surface area (Å²) in [6.45, 7) is 3.72. The van der Waals surface area contributed by atoms with Gasteiger partial charge >= 0.3 is 0 Å². The summed E-state index contributed by atoms with van der Waals surface area (Å²) in [4.78, 5) is 0. The molecule has 0 saturated carbocycles. The first kappa shape index (κ1) is 13.3. The first-order valence-corrected chi connectivity index (χ1v) is 7.66. The number of sulfonamides is 1. The Labute approximate surface area is 95.9 Å². The van der Waals surface area contributed by atoms with Crippen molar-refractivity contribution in [2.45, 2.75) is 36.7 Å². The van der Waals surface area contributed by atoms with E-state index in [0.717, 1.165) is 18.6 Å². The van der Waals surface area contributed by atoms with Crippen LogP contribution in [-0.2, 0) is 10.0 Å². The summed E-state index contributed by atoms with van der Waals surface area (Å²) < 4.78 is 25.8. The average molecular weight is 253 g/mol. The summed E-state index contributed by atoms with van der Waals surface area (Å²) in [7, 11) is -3.35. The summed E-state index contributed by atoms with van der Waals surface area (Å²) in [5, 5.41) is 8.07. The van der Waals surface area contributed by atoms with Crippen LogP contribution in [0.3, 0.4) is 0 Å². The molecule has 1 saturated heterocycles. The molecule has 1 fully saturated rings. The largest absolute Gasteiger partial charge is 0.395 e. The van der Waals surface area contributed by atoms with Crippen molar-refractivity contribution in [1.82, 2.24) is 4.72 Å². The highest BCUT2D eigenvalue weighted by Gasteiger charge is 2.31. The van der Waals surface area contributed by atoms with E-state index in [1.807, 2.05) is 11.8 Å². The topological polar surface area (TPSA) is 66.4 Å². The zero-order valence-corrected chi connectivity index (χ0v) is 10.8. The smallest absolute Gasteiger partial charge is 0.216 e. The van der Waals surface area contributed by atoms with E-state index in [4.69, 9.17) is 5.11 Å². The minimum atomic E-state index is -3.35. The van der Waals surface area contributed by atoms with Crippen molar-refractivity contribution in [3.05, 3.63) is 0 Å². The second-order valence-corrected chi connectivity index (χ2v) is 8.13. The van der Waals surface area contributed by atoms with E-state index in [1.165, 1.54) is 6.92 Å². The third kappa shape index (κ3) is 3.62. The molecule has 2 N–H and O–H groups in total. The maximum absolute atomic E-state index is 11.6. The first-order valence-electron chi connectivity index (χ1n) is 5.13. The molecule has 2 atom stereocenters. The van der Waals surface area contributed by atoms with Crippen LogP contribution in [0.5, 0.6) is 0 Å². The Hall–Kier alpha value is 0.220. The number of thioether (sulfide) groups is 1. The molecule has 1 heterocycles. The molecule has 0 spiro atoms. The maximum atomic E-state index is 11.6. The summed E-state index contributed by atoms with van der Waals surface area (Å²) in [6.07, 6.45) is 2.20. The van der Waals surface area contributed by atoms with Crippen molar-refractivity contribution in [2.24, 2.45) is 0 Å². The third-order valence-electron chi connectivity index (χ3n) is 2.73. The number of nitrogens with one attached hydrogen (secondary N) is 1. The molecular formula is C9H19NO3S2. The lowest BCUT2D eigenvalue weighted by Gasteiger charge is -2.23. The number of aliphatic hydroxyl groups excluding tert-OH is 1. The standard InChI is InChI=1S/C9H19NO3S2/c1-8(6-11)15(12,13)10-7-9(2)4-3-5-14-9/h8,10-11H,3-7H2,1-2H3. The monoisotopic (exact) mass is 253 g/mol. The highest BCUT2D eigenvalue weighted by Crippen LogP contribution is 2.37. The fourth-order valence-corrected chi connectivity index (χ4v) is 3.81. The van der Waals surface area contributed by atoms with Crippen LogP contribution in [0, 0.1) is 0 Å². The molecule has 90 valence electrons. The molecule has 15 heavy (non-hydrogen) atoms. The SMILES string of the molecule is CC(CO)S(=O)(=O)NCC1(C)CCCS1. The minimum absolute atomic E-state index is 0.0300. The van der Waals surface area contributed by atoms with Gasteiger partial charge in [-0.15, -0.1) is 0 Å². The van der Waals surface area contributed by atoms with Crippen molar-refractivity contribution in [3.63, 3.8) is 0 Å². The first-order chi connectivity index (χ1) is 6.90. The Kier molecular flexibility index (Phi) is 4.46. The van der Waals surface area contributed by atoms with Gasteiger partial charge in [0.2, 0.25) is 10.0 Å². The Morgan fingerprint density at radius 1 is 1.60 bits per heavy atom. The molecule has 1 rings (SSSR count). The predicted molar refractivity (Wildman–Crippen MR) is 63.6 cm³/mol.